The minimum atomic E-state index is 0.822. The normalized spacial score (nSPS) is 10.6. The molecule has 0 amide bonds. The average molecular weight is 357 g/mol. The third-order valence-electron chi connectivity index (χ3n) is 4.27. The first-order valence-electron chi connectivity index (χ1n) is 8.79. The van der Waals surface area contributed by atoms with Gasteiger partial charge in [0.15, 0.2) is 0 Å². The van der Waals surface area contributed by atoms with Crippen LogP contribution < -0.4 is 9.47 Å². The van der Waals surface area contributed by atoms with E-state index in [0.29, 0.717) is 0 Å². The first-order valence-corrected chi connectivity index (χ1v) is 8.79. The van der Waals surface area contributed by atoms with Gasteiger partial charge in [-0.3, -0.25) is 4.99 Å². The maximum absolute atomic E-state index is 5.26. The quantitative estimate of drug-likeness (QED) is 0.544. The summed E-state index contributed by atoms with van der Waals surface area (Å²) >= 11 is 0. The van der Waals surface area contributed by atoms with Crippen molar-refractivity contribution >= 4 is 11.8 Å². The molecule has 3 nitrogen and oxygen atoms in total. The lowest BCUT2D eigenvalue weighted by molar-refractivity contribution is 0.414. The number of benzene rings is 3. The number of ether oxygens (including phenoxy) is 2. The second-order valence-corrected chi connectivity index (χ2v) is 6.16. The summed E-state index contributed by atoms with van der Waals surface area (Å²) in [5.74, 6) is 1.64. The number of hydrogen-bond donors (Lipinski definition) is 0. The third-order valence-corrected chi connectivity index (χ3v) is 4.27. The summed E-state index contributed by atoms with van der Waals surface area (Å²) in [4.78, 5) is 4.75. The maximum atomic E-state index is 5.26. The molecule has 0 fully saturated rings. The van der Waals surface area contributed by atoms with Gasteiger partial charge in [-0.15, -0.1) is 0 Å². The number of methoxy groups -OCH3 is 2. The maximum Gasteiger partial charge on any atom is 0.118 e. The molecule has 3 heteroatoms. The zero-order chi connectivity index (χ0) is 19.1. The van der Waals surface area contributed by atoms with Crippen LogP contribution in [0.5, 0.6) is 11.5 Å². The number of nitrogens with zero attached hydrogens (tertiary/aromatic N) is 1. The van der Waals surface area contributed by atoms with Crippen molar-refractivity contribution in [2.75, 3.05) is 14.2 Å². The lowest BCUT2D eigenvalue weighted by Crippen LogP contribution is -2.03. The van der Waals surface area contributed by atoms with E-state index in [1.54, 1.807) is 14.2 Å². The summed E-state index contributed by atoms with van der Waals surface area (Å²) in [5, 5.41) is 0. The van der Waals surface area contributed by atoms with Crippen LogP contribution in [-0.2, 0) is 0 Å². The molecule has 0 heterocycles. The Bertz CT molecular complexity index is 872. The van der Waals surface area contributed by atoms with Crippen LogP contribution in [-0.4, -0.2) is 19.9 Å². The number of hydrogen-bond acceptors (Lipinski definition) is 3. The second kappa shape index (κ2) is 8.86. The lowest BCUT2D eigenvalue weighted by Gasteiger charge is -2.08. The fourth-order valence-electron chi connectivity index (χ4n) is 2.69. The molecule has 3 rings (SSSR count). The van der Waals surface area contributed by atoms with E-state index in [9.17, 15) is 0 Å². The standard InChI is InChI=1S/C24H23NO2/c1-18-4-6-19(7-5-18)16-17-25-24(20-8-12-22(26-2)13-9-20)21-10-14-23(27-3)15-11-21/h4-17H,1-3H3/b17-16+. The van der Waals surface area contributed by atoms with Gasteiger partial charge in [0.2, 0.25) is 0 Å². The summed E-state index contributed by atoms with van der Waals surface area (Å²) in [7, 11) is 3.33. The number of aliphatic imine (C=N–C) groups is 1. The van der Waals surface area contributed by atoms with Crippen LogP contribution in [0.2, 0.25) is 0 Å². The smallest absolute Gasteiger partial charge is 0.118 e. The van der Waals surface area contributed by atoms with Gasteiger partial charge in [-0.25, -0.2) is 0 Å². The lowest BCUT2D eigenvalue weighted by atomic mass is 10.0. The van der Waals surface area contributed by atoms with Crippen LogP contribution in [0.4, 0.5) is 0 Å². The number of rotatable bonds is 6. The Morgan fingerprint density at radius 3 is 1.63 bits per heavy atom. The molecular formula is C24H23NO2. The zero-order valence-corrected chi connectivity index (χ0v) is 15.8. The fourth-order valence-corrected chi connectivity index (χ4v) is 2.69. The number of aryl methyl sites for hydroxylation is 1. The molecule has 0 N–H and O–H groups in total. The highest BCUT2D eigenvalue weighted by Crippen LogP contribution is 2.19. The minimum absolute atomic E-state index is 0.822. The fraction of sp³-hybridized carbons (Fsp3) is 0.125. The van der Waals surface area contributed by atoms with E-state index in [2.05, 4.69) is 31.2 Å². The van der Waals surface area contributed by atoms with Crippen LogP contribution in [0, 0.1) is 6.92 Å². The molecule has 0 spiro atoms. The van der Waals surface area contributed by atoms with Crippen molar-refractivity contribution in [3.8, 4) is 11.5 Å². The molecule has 0 saturated heterocycles. The second-order valence-electron chi connectivity index (χ2n) is 6.16. The van der Waals surface area contributed by atoms with Gasteiger partial charge >= 0.3 is 0 Å². The van der Waals surface area contributed by atoms with Gasteiger partial charge in [0.1, 0.15) is 11.5 Å². The van der Waals surface area contributed by atoms with E-state index < -0.39 is 0 Å². The first-order chi connectivity index (χ1) is 13.2. The molecule has 0 aromatic heterocycles. The Kier molecular flexibility index (Phi) is 6.06. The van der Waals surface area contributed by atoms with Crippen molar-refractivity contribution < 1.29 is 9.47 Å². The van der Waals surface area contributed by atoms with E-state index in [4.69, 9.17) is 14.5 Å². The summed E-state index contributed by atoms with van der Waals surface area (Å²) in [6, 6.07) is 24.2. The van der Waals surface area contributed by atoms with Gasteiger partial charge in [-0.05, 0) is 67.1 Å². The van der Waals surface area contributed by atoms with Crippen molar-refractivity contribution in [2.24, 2.45) is 4.99 Å². The predicted octanol–water partition coefficient (Wildman–Crippen LogP) is 5.52. The van der Waals surface area contributed by atoms with Gasteiger partial charge in [0, 0.05) is 17.3 Å². The summed E-state index contributed by atoms with van der Waals surface area (Å²) < 4.78 is 10.5. The minimum Gasteiger partial charge on any atom is -0.497 e. The van der Waals surface area contributed by atoms with Crippen LogP contribution in [0.15, 0.2) is 84.0 Å². The molecule has 0 saturated carbocycles. The Balaban J connectivity index is 1.95. The van der Waals surface area contributed by atoms with E-state index in [-0.39, 0.29) is 0 Å². The van der Waals surface area contributed by atoms with Gasteiger partial charge in [-0.1, -0.05) is 29.8 Å². The molecule has 0 aliphatic rings. The van der Waals surface area contributed by atoms with Crippen LogP contribution in [0.1, 0.15) is 22.3 Å². The Labute approximate surface area is 160 Å². The largest absolute Gasteiger partial charge is 0.497 e. The topological polar surface area (TPSA) is 30.8 Å². The molecule has 0 aliphatic carbocycles. The SMILES string of the molecule is COc1ccc(C(=N/C=C/c2ccc(C)cc2)c2ccc(OC)cc2)cc1. The predicted molar refractivity (Wildman–Crippen MR) is 112 cm³/mol. The van der Waals surface area contributed by atoms with Gasteiger partial charge in [0.05, 0.1) is 19.9 Å². The average Bonchev–Trinajstić information content (AvgIpc) is 2.73. The Morgan fingerprint density at radius 1 is 0.704 bits per heavy atom. The molecule has 0 atom stereocenters. The first kappa shape index (κ1) is 18.5. The summed E-state index contributed by atoms with van der Waals surface area (Å²) in [5.41, 5.74) is 5.30. The molecule has 3 aromatic carbocycles. The van der Waals surface area contributed by atoms with Crippen molar-refractivity contribution in [2.45, 2.75) is 6.92 Å². The van der Waals surface area contributed by atoms with E-state index in [0.717, 1.165) is 33.9 Å². The highest BCUT2D eigenvalue weighted by Gasteiger charge is 2.07. The molecule has 0 bridgehead atoms. The summed E-state index contributed by atoms with van der Waals surface area (Å²) in [6.45, 7) is 2.08. The highest BCUT2D eigenvalue weighted by molar-refractivity contribution is 6.13. The third kappa shape index (κ3) is 4.85. The van der Waals surface area contributed by atoms with E-state index >= 15 is 0 Å². The molecule has 0 aliphatic heterocycles. The van der Waals surface area contributed by atoms with E-state index in [1.165, 1.54) is 5.56 Å². The van der Waals surface area contributed by atoms with Gasteiger partial charge < -0.3 is 9.47 Å². The summed E-state index contributed by atoms with van der Waals surface area (Å²) in [6.07, 6.45) is 3.85. The molecule has 0 unspecified atom stereocenters. The van der Waals surface area contributed by atoms with Crippen molar-refractivity contribution in [1.82, 2.24) is 0 Å². The molecule has 0 radical (unpaired) electrons. The van der Waals surface area contributed by atoms with Crippen LogP contribution in [0.25, 0.3) is 6.08 Å². The Morgan fingerprint density at radius 2 is 1.19 bits per heavy atom. The zero-order valence-electron chi connectivity index (χ0n) is 15.8. The van der Waals surface area contributed by atoms with Crippen LogP contribution in [0.3, 0.4) is 0 Å². The van der Waals surface area contributed by atoms with Crippen molar-refractivity contribution in [3.63, 3.8) is 0 Å². The highest BCUT2D eigenvalue weighted by atomic mass is 16.5. The molecular weight excluding hydrogens is 334 g/mol. The molecule has 136 valence electrons. The Hall–Kier alpha value is -3.33. The van der Waals surface area contributed by atoms with Gasteiger partial charge in [0.25, 0.3) is 0 Å². The van der Waals surface area contributed by atoms with Crippen molar-refractivity contribution in [1.29, 1.82) is 0 Å². The van der Waals surface area contributed by atoms with E-state index in [1.807, 2.05) is 60.8 Å². The van der Waals surface area contributed by atoms with Crippen molar-refractivity contribution in [3.05, 3.63) is 101 Å². The molecule has 27 heavy (non-hydrogen) atoms. The molecule has 3 aromatic rings. The monoisotopic (exact) mass is 357 g/mol. The van der Waals surface area contributed by atoms with Gasteiger partial charge in [-0.2, -0.15) is 0 Å². The van der Waals surface area contributed by atoms with Crippen LogP contribution >= 0.6 is 0 Å².